The molecule has 162 valence electrons. The lowest BCUT2D eigenvalue weighted by Crippen LogP contribution is -2.15. The van der Waals surface area contributed by atoms with Crippen molar-refractivity contribution in [2.24, 2.45) is 7.05 Å². The van der Waals surface area contributed by atoms with E-state index in [1.165, 1.54) is 11.8 Å². The highest BCUT2D eigenvalue weighted by Gasteiger charge is 2.13. The fourth-order valence-electron chi connectivity index (χ4n) is 2.96. The Morgan fingerprint density at radius 3 is 2.39 bits per heavy atom. The van der Waals surface area contributed by atoms with E-state index in [0.29, 0.717) is 23.8 Å². The van der Waals surface area contributed by atoms with Crippen LogP contribution in [-0.4, -0.2) is 32.3 Å². The van der Waals surface area contributed by atoms with E-state index in [9.17, 15) is 9.59 Å². The summed E-state index contributed by atoms with van der Waals surface area (Å²) >= 11 is 1.32. The first-order chi connectivity index (χ1) is 14.8. The molecule has 0 saturated carbocycles. The van der Waals surface area contributed by atoms with Crippen LogP contribution in [0.4, 0.5) is 11.4 Å². The molecule has 0 fully saturated rings. The molecule has 31 heavy (non-hydrogen) atoms. The number of carbonyl (C=O) groups is 2. The van der Waals surface area contributed by atoms with E-state index >= 15 is 0 Å². The number of nitrogens with zero attached hydrogens (tertiary/aromatic N) is 3. The average Bonchev–Trinajstić information content (AvgIpc) is 3.09. The largest absolute Gasteiger partial charge is 0.326 e. The molecular formula is C23H27N5O2S. The van der Waals surface area contributed by atoms with Gasteiger partial charge in [-0.05, 0) is 50.1 Å². The van der Waals surface area contributed by atoms with Crippen LogP contribution in [0.3, 0.4) is 0 Å². The highest BCUT2D eigenvalue weighted by atomic mass is 32.2. The fraction of sp³-hybridized carbons (Fsp3) is 0.304. The first-order valence-corrected chi connectivity index (χ1v) is 11.0. The third-order valence-corrected chi connectivity index (χ3v) is 5.86. The van der Waals surface area contributed by atoms with Crippen molar-refractivity contribution in [2.75, 3.05) is 16.4 Å². The van der Waals surface area contributed by atoms with Gasteiger partial charge in [0.05, 0.1) is 5.75 Å². The zero-order chi connectivity index (χ0) is 22.4. The second kappa shape index (κ2) is 10.3. The summed E-state index contributed by atoms with van der Waals surface area (Å²) in [6.45, 7) is 5.96. The lowest BCUT2D eigenvalue weighted by molar-refractivity contribution is -0.116. The zero-order valence-corrected chi connectivity index (χ0v) is 19.0. The van der Waals surface area contributed by atoms with Crippen molar-refractivity contribution in [3.63, 3.8) is 0 Å². The Balaban J connectivity index is 1.49. The smallest absolute Gasteiger partial charge is 0.234 e. The second-order valence-electron chi connectivity index (χ2n) is 7.53. The van der Waals surface area contributed by atoms with Gasteiger partial charge < -0.3 is 15.2 Å². The number of benzene rings is 2. The molecule has 0 bridgehead atoms. The number of rotatable bonds is 8. The number of nitrogens with one attached hydrogen (secondary N) is 2. The van der Waals surface area contributed by atoms with Crippen molar-refractivity contribution in [1.82, 2.24) is 14.8 Å². The van der Waals surface area contributed by atoms with Crippen molar-refractivity contribution in [3.8, 4) is 0 Å². The van der Waals surface area contributed by atoms with Gasteiger partial charge in [0.1, 0.15) is 5.82 Å². The lowest BCUT2D eigenvalue weighted by atomic mass is 10.1. The van der Waals surface area contributed by atoms with E-state index in [1.807, 2.05) is 74.9 Å². The second-order valence-corrected chi connectivity index (χ2v) is 8.47. The molecule has 2 N–H and O–H groups in total. The number of hydrogen-bond donors (Lipinski definition) is 2. The summed E-state index contributed by atoms with van der Waals surface area (Å²) in [5, 5.41) is 14.8. The van der Waals surface area contributed by atoms with Crippen LogP contribution in [0.2, 0.25) is 0 Å². The predicted octanol–water partition coefficient (Wildman–Crippen LogP) is 4.04. The van der Waals surface area contributed by atoms with Gasteiger partial charge in [-0.25, -0.2) is 0 Å². The van der Waals surface area contributed by atoms with E-state index in [1.54, 1.807) is 0 Å². The van der Waals surface area contributed by atoms with Crippen LogP contribution < -0.4 is 10.6 Å². The molecule has 0 saturated heterocycles. The highest BCUT2D eigenvalue weighted by Crippen LogP contribution is 2.19. The Hall–Kier alpha value is -3.13. The van der Waals surface area contributed by atoms with E-state index in [4.69, 9.17) is 0 Å². The van der Waals surface area contributed by atoms with Crippen LogP contribution in [0.1, 0.15) is 28.9 Å². The predicted molar refractivity (Wildman–Crippen MR) is 124 cm³/mol. The highest BCUT2D eigenvalue weighted by molar-refractivity contribution is 7.99. The molecule has 0 aliphatic carbocycles. The third kappa shape index (κ3) is 6.42. The van der Waals surface area contributed by atoms with Crippen molar-refractivity contribution >= 4 is 35.0 Å². The molecule has 0 radical (unpaired) electrons. The van der Waals surface area contributed by atoms with Crippen LogP contribution in [0.15, 0.2) is 47.6 Å². The monoisotopic (exact) mass is 437 g/mol. The van der Waals surface area contributed by atoms with Crippen LogP contribution >= 0.6 is 11.8 Å². The number of hydrogen-bond acceptors (Lipinski definition) is 5. The minimum Gasteiger partial charge on any atom is -0.326 e. The summed E-state index contributed by atoms with van der Waals surface area (Å²) in [4.78, 5) is 24.5. The number of aromatic nitrogens is 3. The van der Waals surface area contributed by atoms with E-state index in [2.05, 4.69) is 20.8 Å². The minimum absolute atomic E-state index is 0.0663. The SMILES string of the molecule is Cc1ccc(NC(=O)CSc2nnc(CCC(=O)Nc3cc(C)ccc3C)n2C)cc1. The van der Waals surface area contributed by atoms with Gasteiger partial charge in [0.15, 0.2) is 5.16 Å². The lowest BCUT2D eigenvalue weighted by Gasteiger charge is -2.09. The summed E-state index contributed by atoms with van der Waals surface area (Å²) in [5.74, 6) is 0.764. The maximum Gasteiger partial charge on any atom is 0.234 e. The zero-order valence-electron chi connectivity index (χ0n) is 18.2. The Morgan fingerprint density at radius 2 is 1.65 bits per heavy atom. The summed E-state index contributed by atoms with van der Waals surface area (Å²) in [6, 6.07) is 13.6. The number of thioether (sulfide) groups is 1. The number of amides is 2. The molecule has 0 atom stereocenters. The van der Waals surface area contributed by atoms with Crippen LogP contribution in [0.5, 0.6) is 0 Å². The molecule has 2 amide bonds. The molecule has 8 heteroatoms. The van der Waals surface area contributed by atoms with Gasteiger partial charge in [-0.3, -0.25) is 9.59 Å². The van der Waals surface area contributed by atoms with Gasteiger partial charge in [-0.1, -0.05) is 41.6 Å². The Bertz CT molecular complexity index is 1080. The maximum absolute atomic E-state index is 12.4. The molecule has 7 nitrogen and oxygen atoms in total. The average molecular weight is 438 g/mol. The fourth-order valence-corrected chi connectivity index (χ4v) is 3.69. The molecular weight excluding hydrogens is 410 g/mol. The molecule has 1 aromatic heterocycles. The summed E-state index contributed by atoms with van der Waals surface area (Å²) in [6.07, 6.45) is 0.772. The Morgan fingerprint density at radius 1 is 0.935 bits per heavy atom. The molecule has 0 aliphatic heterocycles. The van der Waals surface area contributed by atoms with E-state index in [-0.39, 0.29) is 17.6 Å². The van der Waals surface area contributed by atoms with Gasteiger partial charge in [0.2, 0.25) is 11.8 Å². The third-order valence-electron chi connectivity index (χ3n) is 4.84. The van der Waals surface area contributed by atoms with Crippen molar-refractivity contribution in [3.05, 3.63) is 65.0 Å². The van der Waals surface area contributed by atoms with Gasteiger partial charge in [0, 0.05) is 31.3 Å². The minimum atomic E-state index is -0.105. The van der Waals surface area contributed by atoms with Gasteiger partial charge in [0.25, 0.3) is 0 Å². The number of anilines is 2. The summed E-state index contributed by atoms with van der Waals surface area (Å²) < 4.78 is 1.83. The van der Waals surface area contributed by atoms with E-state index < -0.39 is 0 Å². The van der Waals surface area contributed by atoms with Crippen LogP contribution in [-0.2, 0) is 23.1 Å². The molecule has 2 aromatic carbocycles. The number of aryl methyl sites for hydroxylation is 4. The molecule has 0 unspecified atom stereocenters. The molecule has 0 aliphatic rings. The molecule has 0 spiro atoms. The Labute approximate surface area is 186 Å². The molecule has 3 rings (SSSR count). The van der Waals surface area contributed by atoms with E-state index in [0.717, 1.165) is 28.1 Å². The normalized spacial score (nSPS) is 10.7. The Kier molecular flexibility index (Phi) is 7.46. The summed E-state index contributed by atoms with van der Waals surface area (Å²) in [7, 11) is 1.85. The number of carbonyl (C=O) groups excluding carboxylic acids is 2. The maximum atomic E-state index is 12.4. The van der Waals surface area contributed by atoms with Crippen molar-refractivity contribution < 1.29 is 9.59 Å². The van der Waals surface area contributed by atoms with Gasteiger partial charge in [-0.15, -0.1) is 10.2 Å². The molecule has 1 heterocycles. The quantitative estimate of drug-likeness (QED) is 0.519. The van der Waals surface area contributed by atoms with Crippen molar-refractivity contribution in [2.45, 2.75) is 38.8 Å². The first-order valence-electron chi connectivity index (χ1n) is 10.1. The van der Waals surface area contributed by atoms with Gasteiger partial charge >= 0.3 is 0 Å². The van der Waals surface area contributed by atoms with Crippen LogP contribution in [0, 0.1) is 20.8 Å². The standard InChI is InChI=1S/C23H27N5O2S/c1-15-6-9-18(10-7-15)24-22(30)14-31-23-27-26-20(28(23)4)11-12-21(29)25-19-13-16(2)5-8-17(19)3/h5-10,13H,11-12,14H2,1-4H3,(H,24,30)(H,25,29). The summed E-state index contributed by atoms with van der Waals surface area (Å²) in [5.41, 5.74) is 4.87. The van der Waals surface area contributed by atoms with Crippen LogP contribution in [0.25, 0.3) is 0 Å². The molecule has 3 aromatic rings. The van der Waals surface area contributed by atoms with Crippen molar-refractivity contribution in [1.29, 1.82) is 0 Å². The van der Waals surface area contributed by atoms with Gasteiger partial charge in [-0.2, -0.15) is 0 Å². The first kappa shape index (κ1) is 22.6. The topological polar surface area (TPSA) is 88.9 Å².